The Morgan fingerprint density at radius 3 is 2.46 bits per heavy atom. The van der Waals surface area contributed by atoms with Crippen LogP contribution in [-0.4, -0.2) is 31.6 Å². The highest BCUT2D eigenvalue weighted by Crippen LogP contribution is 2.55. The molecule has 0 aromatic rings. The van der Waals surface area contributed by atoms with E-state index in [2.05, 4.69) is 11.9 Å². The maximum absolute atomic E-state index is 5.18. The van der Waals surface area contributed by atoms with Crippen molar-refractivity contribution in [3.8, 4) is 0 Å². The normalized spacial score (nSPS) is 29.1. The lowest BCUT2D eigenvalue weighted by Gasteiger charge is -2.34. The minimum Gasteiger partial charge on any atom is -0.306 e. The van der Waals surface area contributed by atoms with Gasteiger partial charge in [0, 0.05) is 0 Å². The van der Waals surface area contributed by atoms with Gasteiger partial charge in [-0.25, -0.2) is 5.90 Å². The number of hydrogen-bond acceptors (Lipinski definition) is 3. The summed E-state index contributed by atoms with van der Waals surface area (Å²) in [5.74, 6) is 6.05. The van der Waals surface area contributed by atoms with E-state index in [9.17, 15) is 0 Å². The summed E-state index contributed by atoms with van der Waals surface area (Å²) >= 11 is 0. The SMILES string of the molecule is CN1CCC(C2(CON)CC2)CC1. The fraction of sp³-hybridized carbons (Fsp3) is 1.00. The lowest BCUT2D eigenvalue weighted by atomic mass is 9.82. The van der Waals surface area contributed by atoms with E-state index < -0.39 is 0 Å². The first-order valence-corrected chi connectivity index (χ1v) is 5.27. The first-order valence-electron chi connectivity index (χ1n) is 5.27. The zero-order chi connectivity index (χ0) is 9.31. The first-order chi connectivity index (χ1) is 6.27. The fourth-order valence-electron chi connectivity index (χ4n) is 2.62. The van der Waals surface area contributed by atoms with E-state index in [-0.39, 0.29) is 0 Å². The van der Waals surface area contributed by atoms with Crippen LogP contribution in [0.15, 0.2) is 0 Å². The number of hydrogen-bond donors (Lipinski definition) is 1. The van der Waals surface area contributed by atoms with Crippen molar-refractivity contribution < 1.29 is 4.84 Å². The Morgan fingerprint density at radius 2 is 2.00 bits per heavy atom. The third-order valence-corrected chi connectivity index (χ3v) is 3.85. The molecule has 0 unspecified atom stereocenters. The minimum atomic E-state index is 0.482. The molecule has 2 fully saturated rings. The lowest BCUT2D eigenvalue weighted by molar-refractivity contribution is 0.0445. The van der Waals surface area contributed by atoms with Crippen LogP contribution in [0.4, 0.5) is 0 Å². The second-order valence-electron chi connectivity index (χ2n) is 4.75. The molecule has 1 heterocycles. The second kappa shape index (κ2) is 3.56. The van der Waals surface area contributed by atoms with E-state index in [0.29, 0.717) is 5.41 Å². The molecule has 3 heteroatoms. The van der Waals surface area contributed by atoms with Crippen molar-refractivity contribution in [1.82, 2.24) is 4.90 Å². The van der Waals surface area contributed by atoms with Gasteiger partial charge in [0.15, 0.2) is 0 Å². The van der Waals surface area contributed by atoms with Crippen LogP contribution >= 0.6 is 0 Å². The molecule has 3 nitrogen and oxygen atoms in total. The summed E-state index contributed by atoms with van der Waals surface area (Å²) in [5.41, 5.74) is 0.482. The van der Waals surface area contributed by atoms with Crippen molar-refractivity contribution >= 4 is 0 Å². The minimum absolute atomic E-state index is 0.482. The van der Waals surface area contributed by atoms with Crippen LogP contribution < -0.4 is 5.90 Å². The van der Waals surface area contributed by atoms with Crippen molar-refractivity contribution in [2.24, 2.45) is 17.2 Å². The van der Waals surface area contributed by atoms with Crippen molar-refractivity contribution in [3.05, 3.63) is 0 Å². The van der Waals surface area contributed by atoms with Crippen LogP contribution in [0.2, 0.25) is 0 Å². The molecular formula is C10H20N2O. The third kappa shape index (κ3) is 1.87. The van der Waals surface area contributed by atoms with Crippen LogP contribution in [-0.2, 0) is 4.84 Å². The molecule has 0 aromatic carbocycles. The molecule has 0 atom stereocenters. The Hall–Kier alpha value is -0.120. The van der Waals surface area contributed by atoms with Crippen molar-refractivity contribution in [1.29, 1.82) is 0 Å². The highest BCUT2D eigenvalue weighted by molar-refractivity contribution is 4.99. The predicted molar refractivity (Wildman–Crippen MR) is 52.0 cm³/mol. The number of nitrogens with zero attached hydrogens (tertiary/aromatic N) is 1. The monoisotopic (exact) mass is 184 g/mol. The van der Waals surface area contributed by atoms with Gasteiger partial charge in [0.2, 0.25) is 0 Å². The van der Waals surface area contributed by atoms with Gasteiger partial charge in [0.25, 0.3) is 0 Å². The van der Waals surface area contributed by atoms with Gasteiger partial charge < -0.3 is 9.74 Å². The highest BCUT2D eigenvalue weighted by atomic mass is 16.6. The maximum Gasteiger partial charge on any atom is 0.0738 e. The molecule has 1 aliphatic heterocycles. The first kappa shape index (κ1) is 9.44. The predicted octanol–water partition coefficient (Wildman–Crippen LogP) is 0.999. The van der Waals surface area contributed by atoms with E-state index in [1.165, 1.54) is 38.8 Å². The van der Waals surface area contributed by atoms with Crippen LogP contribution in [0.3, 0.4) is 0 Å². The molecule has 0 amide bonds. The molecular weight excluding hydrogens is 164 g/mol. The zero-order valence-corrected chi connectivity index (χ0v) is 8.46. The molecule has 0 spiro atoms. The topological polar surface area (TPSA) is 38.5 Å². The molecule has 0 aromatic heterocycles. The average molecular weight is 184 g/mol. The average Bonchev–Trinajstić information content (AvgIpc) is 2.87. The van der Waals surface area contributed by atoms with Gasteiger partial charge >= 0.3 is 0 Å². The smallest absolute Gasteiger partial charge is 0.0738 e. The van der Waals surface area contributed by atoms with Gasteiger partial charge in [-0.2, -0.15) is 0 Å². The van der Waals surface area contributed by atoms with Gasteiger partial charge in [0.1, 0.15) is 0 Å². The summed E-state index contributed by atoms with van der Waals surface area (Å²) in [4.78, 5) is 7.25. The molecule has 2 N–H and O–H groups in total. The standard InChI is InChI=1S/C10H20N2O/c1-12-6-2-9(3-7-12)10(4-5-10)8-13-11/h9H,2-8,11H2,1H3. The van der Waals surface area contributed by atoms with Gasteiger partial charge in [0.05, 0.1) is 6.61 Å². The van der Waals surface area contributed by atoms with Crippen LogP contribution in [0.25, 0.3) is 0 Å². The molecule has 0 radical (unpaired) electrons. The van der Waals surface area contributed by atoms with Crippen molar-refractivity contribution in [2.45, 2.75) is 25.7 Å². The molecule has 0 bridgehead atoms. The van der Waals surface area contributed by atoms with Gasteiger partial charge in [-0.3, -0.25) is 0 Å². The summed E-state index contributed by atoms with van der Waals surface area (Å²) < 4.78 is 0. The Morgan fingerprint density at radius 1 is 1.38 bits per heavy atom. The molecule has 1 saturated carbocycles. The molecule has 76 valence electrons. The number of piperidine rings is 1. The van der Waals surface area contributed by atoms with Gasteiger partial charge in [-0.05, 0) is 57.2 Å². The second-order valence-corrected chi connectivity index (χ2v) is 4.75. The summed E-state index contributed by atoms with van der Waals surface area (Å²) in [7, 11) is 2.20. The highest BCUT2D eigenvalue weighted by Gasteiger charge is 2.49. The molecule has 1 aliphatic carbocycles. The van der Waals surface area contributed by atoms with Crippen molar-refractivity contribution in [2.75, 3.05) is 26.7 Å². The molecule has 13 heavy (non-hydrogen) atoms. The number of nitrogens with two attached hydrogens (primary N) is 1. The fourth-order valence-corrected chi connectivity index (χ4v) is 2.62. The quantitative estimate of drug-likeness (QED) is 0.665. The molecule has 2 rings (SSSR count). The van der Waals surface area contributed by atoms with Crippen LogP contribution in [0, 0.1) is 11.3 Å². The Balaban J connectivity index is 1.87. The maximum atomic E-state index is 5.18. The van der Waals surface area contributed by atoms with Crippen LogP contribution in [0.5, 0.6) is 0 Å². The number of rotatable bonds is 3. The summed E-state index contributed by atoms with van der Waals surface area (Å²) in [6.07, 6.45) is 5.33. The summed E-state index contributed by atoms with van der Waals surface area (Å²) in [5, 5.41) is 0. The third-order valence-electron chi connectivity index (χ3n) is 3.85. The van der Waals surface area contributed by atoms with Gasteiger partial charge in [-0.1, -0.05) is 0 Å². The Kier molecular flexibility index (Phi) is 2.58. The van der Waals surface area contributed by atoms with Crippen LogP contribution in [0.1, 0.15) is 25.7 Å². The largest absolute Gasteiger partial charge is 0.306 e. The van der Waals surface area contributed by atoms with E-state index >= 15 is 0 Å². The molecule has 2 aliphatic rings. The molecule has 1 saturated heterocycles. The van der Waals surface area contributed by atoms with Crippen molar-refractivity contribution in [3.63, 3.8) is 0 Å². The Labute approximate surface area is 80.2 Å². The lowest BCUT2D eigenvalue weighted by Crippen LogP contribution is -2.36. The van der Waals surface area contributed by atoms with E-state index in [4.69, 9.17) is 10.7 Å². The summed E-state index contributed by atoms with van der Waals surface area (Å²) in [6, 6.07) is 0. The number of likely N-dealkylation sites (tertiary alicyclic amines) is 1. The van der Waals surface area contributed by atoms with E-state index in [1.54, 1.807) is 0 Å². The van der Waals surface area contributed by atoms with E-state index in [1.807, 2.05) is 0 Å². The van der Waals surface area contributed by atoms with Gasteiger partial charge in [-0.15, -0.1) is 0 Å². The zero-order valence-electron chi connectivity index (χ0n) is 8.46. The van der Waals surface area contributed by atoms with E-state index in [0.717, 1.165) is 12.5 Å². The summed E-state index contributed by atoms with van der Waals surface area (Å²) in [6.45, 7) is 3.27. The Bertz CT molecular complexity index is 172.